The van der Waals surface area contributed by atoms with Crippen molar-refractivity contribution in [3.8, 4) is 11.8 Å². The lowest BCUT2D eigenvalue weighted by molar-refractivity contribution is 0.276. The normalized spacial score (nSPS) is 10.3. The van der Waals surface area contributed by atoms with Crippen LogP contribution in [0.2, 0.25) is 0 Å². The molecule has 2 rings (SSSR count). The number of oxazole rings is 1. The SMILES string of the molecule is Cc1ccccc1Oc1nc(CO)co1. The van der Waals surface area contributed by atoms with Crippen LogP contribution in [0.1, 0.15) is 11.3 Å². The number of para-hydroxylation sites is 1. The van der Waals surface area contributed by atoms with Gasteiger partial charge in [-0.05, 0) is 18.6 Å². The molecule has 0 saturated heterocycles. The molecule has 0 amide bonds. The monoisotopic (exact) mass is 205 g/mol. The highest BCUT2D eigenvalue weighted by Gasteiger charge is 2.06. The van der Waals surface area contributed by atoms with E-state index in [4.69, 9.17) is 14.3 Å². The summed E-state index contributed by atoms with van der Waals surface area (Å²) in [6, 6.07) is 7.57. The number of aryl methyl sites for hydroxylation is 1. The lowest BCUT2D eigenvalue weighted by Crippen LogP contribution is -1.88. The largest absolute Gasteiger partial charge is 0.417 e. The third kappa shape index (κ3) is 2.16. The predicted molar refractivity (Wildman–Crippen MR) is 53.7 cm³/mol. The van der Waals surface area contributed by atoms with Crippen molar-refractivity contribution in [2.45, 2.75) is 13.5 Å². The van der Waals surface area contributed by atoms with E-state index in [0.29, 0.717) is 11.4 Å². The number of ether oxygens (including phenoxy) is 1. The predicted octanol–water partition coefficient (Wildman–Crippen LogP) is 2.27. The lowest BCUT2D eigenvalue weighted by atomic mass is 10.2. The van der Waals surface area contributed by atoms with Crippen molar-refractivity contribution in [1.29, 1.82) is 0 Å². The first kappa shape index (κ1) is 9.73. The fraction of sp³-hybridized carbons (Fsp3) is 0.182. The Hall–Kier alpha value is -1.81. The van der Waals surface area contributed by atoms with E-state index < -0.39 is 0 Å². The second kappa shape index (κ2) is 4.14. The molecule has 4 nitrogen and oxygen atoms in total. The Morgan fingerprint density at radius 1 is 1.40 bits per heavy atom. The number of hydrogen-bond acceptors (Lipinski definition) is 4. The van der Waals surface area contributed by atoms with Crippen LogP contribution in [0, 0.1) is 6.92 Å². The highest BCUT2D eigenvalue weighted by Crippen LogP contribution is 2.23. The lowest BCUT2D eigenvalue weighted by Gasteiger charge is -2.02. The van der Waals surface area contributed by atoms with E-state index in [1.165, 1.54) is 6.26 Å². The van der Waals surface area contributed by atoms with Gasteiger partial charge >= 0.3 is 6.08 Å². The molecule has 0 unspecified atom stereocenters. The topological polar surface area (TPSA) is 55.5 Å². The molecule has 15 heavy (non-hydrogen) atoms. The molecule has 2 aromatic rings. The molecular formula is C11H11NO3. The molecule has 0 aliphatic rings. The number of aliphatic hydroxyl groups excluding tert-OH is 1. The van der Waals surface area contributed by atoms with Crippen LogP contribution in [0.5, 0.6) is 11.8 Å². The van der Waals surface area contributed by atoms with Crippen LogP contribution in [0.4, 0.5) is 0 Å². The van der Waals surface area contributed by atoms with Gasteiger partial charge in [-0.2, -0.15) is 4.98 Å². The van der Waals surface area contributed by atoms with Crippen molar-refractivity contribution in [3.63, 3.8) is 0 Å². The van der Waals surface area contributed by atoms with Gasteiger partial charge in [0.05, 0.1) is 6.61 Å². The first-order valence-electron chi connectivity index (χ1n) is 4.58. The van der Waals surface area contributed by atoms with Crippen molar-refractivity contribution in [1.82, 2.24) is 4.98 Å². The first-order chi connectivity index (χ1) is 7.29. The Bertz CT molecular complexity index is 451. The zero-order valence-electron chi connectivity index (χ0n) is 8.30. The number of benzene rings is 1. The average molecular weight is 205 g/mol. The van der Waals surface area contributed by atoms with Crippen LogP contribution in [0.15, 0.2) is 34.9 Å². The molecule has 0 bridgehead atoms. The molecule has 78 valence electrons. The van der Waals surface area contributed by atoms with Crippen molar-refractivity contribution < 1.29 is 14.3 Å². The van der Waals surface area contributed by atoms with Gasteiger partial charge in [0.25, 0.3) is 0 Å². The van der Waals surface area contributed by atoms with Crippen LogP contribution >= 0.6 is 0 Å². The van der Waals surface area contributed by atoms with Crippen molar-refractivity contribution in [3.05, 3.63) is 41.8 Å². The van der Waals surface area contributed by atoms with Crippen LogP contribution in [-0.2, 0) is 6.61 Å². The standard InChI is InChI=1S/C11H11NO3/c1-8-4-2-3-5-10(8)15-11-12-9(6-13)7-14-11/h2-5,7,13H,6H2,1H3. The Kier molecular flexibility index (Phi) is 2.69. The second-order valence-corrected chi connectivity index (χ2v) is 3.13. The molecule has 0 saturated carbocycles. The minimum Gasteiger partial charge on any atom is -0.417 e. The van der Waals surface area contributed by atoms with Gasteiger partial charge in [0.2, 0.25) is 0 Å². The van der Waals surface area contributed by atoms with E-state index in [1.54, 1.807) is 0 Å². The molecule has 1 aromatic carbocycles. The molecule has 1 aromatic heterocycles. The van der Waals surface area contributed by atoms with Crippen molar-refractivity contribution in [2.75, 3.05) is 0 Å². The van der Waals surface area contributed by atoms with E-state index in [9.17, 15) is 0 Å². The zero-order chi connectivity index (χ0) is 10.7. The number of hydrogen-bond donors (Lipinski definition) is 1. The maximum absolute atomic E-state index is 8.79. The van der Waals surface area contributed by atoms with Crippen LogP contribution in [-0.4, -0.2) is 10.1 Å². The van der Waals surface area contributed by atoms with Crippen molar-refractivity contribution >= 4 is 0 Å². The summed E-state index contributed by atoms with van der Waals surface area (Å²) in [6.45, 7) is 1.78. The Morgan fingerprint density at radius 3 is 2.87 bits per heavy atom. The summed E-state index contributed by atoms with van der Waals surface area (Å²) >= 11 is 0. The molecule has 0 aliphatic carbocycles. The Labute approximate surface area is 87.1 Å². The highest BCUT2D eigenvalue weighted by atomic mass is 16.6. The molecule has 0 radical (unpaired) electrons. The third-order valence-electron chi connectivity index (χ3n) is 1.98. The van der Waals surface area contributed by atoms with Crippen LogP contribution < -0.4 is 4.74 Å². The summed E-state index contributed by atoms with van der Waals surface area (Å²) in [5, 5.41) is 8.79. The second-order valence-electron chi connectivity index (χ2n) is 3.13. The van der Waals surface area contributed by atoms with Gasteiger partial charge in [0.15, 0.2) is 0 Å². The minimum absolute atomic E-state index is 0.147. The molecule has 0 atom stereocenters. The van der Waals surface area contributed by atoms with Crippen LogP contribution in [0.25, 0.3) is 0 Å². The number of aliphatic hydroxyl groups is 1. The quantitative estimate of drug-likeness (QED) is 0.835. The average Bonchev–Trinajstić information content (AvgIpc) is 2.69. The maximum Gasteiger partial charge on any atom is 0.399 e. The molecular weight excluding hydrogens is 194 g/mol. The van der Waals surface area contributed by atoms with Gasteiger partial charge in [0.1, 0.15) is 17.7 Å². The van der Waals surface area contributed by atoms with E-state index in [0.717, 1.165) is 5.56 Å². The van der Waals surface area contributed by atoms with Crippen LogP contribution in [0.3, 0.4) is 0 Å². The fourth-order valence-corrected chi connectivity index (χ4v) is 1.17. The summed E-state index contributed by atoms with van der Waals surface area (Å²) in [5.41, 5.74) is 1.46. The number of rotatable bonds is 3. The first-order valence-corrected chi connectivity index (χ1v) is 4.58. The van der Waals surface area contributed by atoms with Gasteiger partial charge < -0.3 is 14.3 Å². The molecule has 0 fully saturated rings. The molecule has 1 N–H and O–H groups in total. The third-order valence-corrected chi connectivity index (χ3v) is 1.98. The molecule has 1 heterocycles. The summed E-state index contributed by atoms with van der Waals surface area (Å²) < 4.78 is 10.4. The molecule has 4 heteroatoms. The summed E-state index contributed by atoms with van der Waals surface area (Å²) in [4.78, 5) is 3.93. The summed E-state index contributed by atoms with van der Waals surface area (Å²) in [5.74, 6) is 0.698. The van der Waals surface area contributed by atoms with Gasteiger partial charge in [-0.15, -0.1) is 0 Å². The Morgan fingerprint density at radius 2 is 2.20 bits per heavy atom. The van der Waals surface area contributed by atoms with E-state index in [-0.39, 0.29) is 12.7 Å². The van der Waals surface area contributed by atoms with E-state index in [1.807, 2.05) is 31.2 Å². The number of aromatic nitrogens is 1. The summed E-state index contributed by atoms with van der Waals surface area (Å²) in [7, 11) is 0. The molecule has 0 aliphatic heterocycles. The van der Waals surface area contributed by atoms with Crippen molar-refractivity contribution in [2.24, 2.45) is 0 Å². The zero-order valence-corrected chi connectivity index (χ0v) is 8.30. The van der Waals surface area contributed by atoms with Gasteiger partial charge in [-0.1, -0.05) is 18.2 Å². The van der Waals surface area contributed by atoms with Gasteiger partial charge in [-0.3, -0.25) is 0 Å². The minimum atomic E-state index is -0.152. The van der Waals surface area contributed by atoms with Gasteiger partial charge in [0, 0.05) is 0 Å². The summed E-state index contributed by atoms with van der Waals surface area (Å²) in [6.07, 6.45) is 1.52. The molecule has 0 spiro atoms. The smallest absolute Gasteiger partial charge is 0.399 e. The van der Waals surface area contributed by atoms with Gasteiger partial charge in [-0.25, -0.2) is 0 Å². The maximum atomic E-state index is 8.79. The van der Waals surface area contributed by atoms with E-state index in [2.05, 4.69) is 4.98 Å². The fourth-order valence-electron chi connectivity index (χ4n) is 1.17. The van der Waals surface area contributed by atoms with E-state index >= 15 is 0 Å². The number of nitrogens with zero attached hydrogens (tertiary/aromatic N) is 1. The Balaban J connectivity index is 2.18. The highest BCUT2D eigenvalue weighted by molar-refractivity contribution is 5.33.